The van der Waals surface area contributed by atoms with Crippen LogP contribution in [0, 0.1) is 5.92 Å². The first-order chi connectivity index (χ1) is 11.3. The minimum atomic E-state index is -1.06. The smallest absolute Gasteiger partial charge is 0.337 e. The van der Waals surface area contributed by atoms with Gasteiger partial charge in [0.15, 0.2) is 0 Å². The van der Waals surface area contributed by atoms with Gasteiger partial charge in [-0.15, -0.1) is 0 Å². The summed E-state index contributed by atoms with van der Waals surface area (Å²) in [5.74, 6) is -0.805. The summed E-state index contributed by atoms with van der Waals surface area (Å²) in [5, 5.41) is 12.1. The number of nitrogens with one attached hydrogen (secondary N) is 1. The molecule has 128 valence electrons. The summed E-state index contributed by atoms with van der Waals surface area (Å²) in [6.45, 7) is 5.74. The Kier molecular flexibility index (Phi) is 5.83. The van der Waals surface area contributed by atoms with Gasteiger partial charge in [0, 0.05) is 17.2 Å². The number of ether oxygens (including phenoxy) is 1. The van der Waals surface area contributed by atoms with Crippen molar-refractivity contribution in [2.75, 3.05) is 0 Å². The molecule has 1 atom stereocenters. The van der Waals surface area contributed by atoms with Crippen molar-refractivity contribution in [2.24, 2.45) is 5.92 Å². The molecule has 2 rings (SSSR count). The number of carbonyl (C=O) groups excluding carboxylic acids is 1. The molecule has 0 bridgehead atoms. The van der Waals surface area contributed by atoms with E-state index in [0.29, 0.717) is 23.4 Å². The largest absolute Gasteiger partial charge is 0.491 e. The molecular weight excluding hydrogens is 374 g/mol. The zero-order chi connectivity index (χ0) is 17.9. The summed E-state index contributed by atoms with van der Waals surface area (Å²) < 4.78 is 6.35. The van der Waals surface area contributed by atoms with Crippen LogP contribution in [0.4, 0.5) is 0 Å². The van der Waals surface area contributed by atoms with Gasteiger partial charge in [-0.05, 0) is 55.1 Å². The highest BCUT2D eigenvalue weighted by Crippen LogP contribution is 2.31. The average molecular weight is 394 g/mol. The van der Waals surface area contributed by atoms with Gasteiger partial charge >= 0.3 is 5.97 Å². The zero-order valence-corrected chi connectivity index (χ0v) is 15.4. The van der Waals surface area contributed by atoms with Crippen LogP contribution in [0.25, 0.3) is 0 Å². The SMILES string of the molecule is CC(C)Oc1ccc(C(=O)NC2=C(C(=O)O)C=C(Br)CC2C)cc1. The van der Waals surface area contributed by atoms with Crippen molar-refractivity contribution in [2.45, 2.75) is 33.3 Å². The molecule has 6 heteroatoms. The highest BCUT2D eigenvalue weighted by Gasteiger charge is 2.25. The number of carboxylic acid groups (broad SMARTS) is 1. The molecular formula is C18H20BrNO4. The number of benzene rings is 1. The molecule has 0 spiro atoms. The summed E-state index contributed by atoms with van der Waals surface area (Å²) >= 11 is 3.34. The van der Waals surface area contributed by atoms with Crippen LogP contribution < -0.4 is 10.1 Å². The van der Waals surface area contributed by atoms with Crippen molar-refractivity contribution in [3.63, 3.8) is 0 Å². The maximum Gasteiger partial charge on any atom is 0.337 e. The Hall–Kier alpha value is -2.08. The predicted molar refractivity (Wildman–Crippen MR) is 95.1 cm³/mol. The lowest BCUT2D eigenvalue weighted by atomic mass is 9.93. The van der Waals surface area contributed by atoms with E-state index in [-0.39, 0.29) is 23.5 Å². The highest BCUT2D eigenvalue weighted by atomic mass is 79.9. The van der Waals surface area contributed by atoms with Gasteiger partial charge in [0.25, 0.3) is 5.91 Å². The number of hydrogen-bond acceptors (Lipinski definition) is 3. The zero-order valence-electron chi connectivity index (χ0n) is 13.8. The number of halogens is 1. The van der Waals surface area contributed by atoms with Gasteiger partial charge in [0.1, 0.15) is 5.75 Å². The third kappa shape index (κ3) is 4.47. The lowest BCUT2D eigenvalue weighted by molar-refractivity contribution is -0.132. The highest BCUT2D eigenvalue weighted by molar-refractivity contribution is 9.11. The van der Waals surface area contributed by atoms with Crippen molar-refractivity contribution in [3.05, 3.63) is 51.7 Å². The fourth-order valence-corrected chi connectivity index (χ4v) is 3.19. The standard InChI is InChI=1S/C18H20BrNO4/c1-10(2)24-14-6-4-12(5-7-14)17(21)20-16-11(3)8-13(19)9-15(16)18(22)23/h4-7,9-11H,8H2,1-3H3,(H,20,21)(H,22,23). The van der Waals surface area contributed by atoms with Crippen molar-refractivity contribution >= 4 is 27.8 Å². The van der Waals surface area contributed by atoms with Gasteiger partial charge in [-0.2, -0.15) is 0 Å². The molecule has 2 N–H and O–H groups in total. The maximum absolute atomic E-state index is 12.4. The molecule has 0 saturated heterocycles. The van der Waals surface area contributed by atoms with Crippen LogP contribution in [-0.2, 0) is 4.79 Å². The molecule has 0 radical (unpaired) electrons. The van der Waals surface area contributed by atoms with Gasteiger partial charge < -0.3 is 15.2 Å². The van der Waals surface area contributed by atoms with E-state index >= 15 is 0 Å². The first-order valence-corrected chi connectivity index (χ1v) is 8.48. The molecule has 1 amide bonds. The summed E-state index contributed by atoms with van der Waals surface area (Å²) in [6, 6.07) is 6.77. The monoisotopic (exact) mass is 393 g/mol. The fraction of sp³-hybridized carbons (Fsp3) is 0.333. The summed E-state index contributed by atoms with van der Waals surface area (Å²) in [7, 11) is 0. The van der Waals surface area contributed by atoms with Crippen LogP contribution in [0.5, 0.6) is 5.75 Å². The van der Waals surface area contributed by atoms with Crippen LogP contribution in [0.2, 0.25) is 0 Å². The van der Waals surface area contributed by atoms with Crippen molar-refractivity contribution in [1.82, 2.24) is 5.32 Å². The molecule has 1 unspecified atom stereocenters. The quantitative estimate of drug-likeness (QED) is 0.795. The van der Waals surface area contributed by atoms with Crippen LogP contribution in [0.3, 0.4) is 0 Å². The predicted octanol–water partition coefficient (Wildman–Crippen LogP) is 3.86. The minimum absolute atomic E-state index is 0.0567. The van der Waals surface area contributed by atoms with Crippen LogP contribution in [0.15, 0.2) is 46.1 Å². The number of hydrogen-bond donors (Lipinski definition) is 2. The molecule has 1 aliphatic rings. The average Bonchev–Trinajstić information content (AvgIpc) is 2.49. The number of amides is 1. The Morgan fingerprint density at radius 3 is 2.46 bits per heavy atom. The second-order valence-corrected chi connectivity index (χ2v) is 6.99. The fourth-order valence-electron chi connectivity index (χ4n) is 2.47. The summed E-state index contributed by atoms with van der Waals surface area (Å²) in [6.07, 6.45) is 2.24. The Morgan fingerprint density at radius 1 is 1.29 bits per heavy atom. The molecule has 0 saturated carbocycles. The molecule has 0 aliphatic heterocycles. The Balaban J connectivity index is 2.21. The lowest BCUT2D eigenvalue weighted by Gasteiger charge is -2.23. The summed E-state index contributed by atoms with van der Waals surface area (Å²) in [5.41, 5.74) is 0.983. The first kappa shape index (κ1) is 18.3. The van der Waals surface area contributed by atoms with Gasteiger partial charge in [0.05, 0.1) is 11.7 Å². The van der Waals surface area contributed by atoms with Crippen molar-refractivity contribution in [1.29, 1.82) is 0 Å². The molecule has 24 heavy (non-hydrogen) atoms. The number of carbonyl (C=O) groups is 2. The number of rotatable bonds is 5. The molecule has 1 aromatic carbocycles. The van der Waals surface area contributed by atoms with Crippen LogP contribution >= 0.6 is 15.9 Å². The summed E-state index contributed by atoms with van der Waals surface area (Å²) in [4.78, 5) is 23.9. The Morgan fingerprint density at radius 2 is 1.92 bits per heavy atom. The third-order valence-electron chi connectivity index (χ3n) is 3.55. The van der Waals surface area contributed by atoms with Crippen LogP contribution in [0.1, 0.15) is 37.6 Å². The van der Waals surface area contributed by atoms with Gasteiger partial charge in [-0.3, -0.25) is 4.79 Å². The Labute approximate surface area is 149 Å². The minimum Gasteiger partial charge on any atom is -0.491 e. The van der Waals surface area contributed by atoms with E-state index in [0.717, 1.165) is 4.48 Å². The van der Waals surface area contributed by atoms with E-state index in [4.69, 9.17) is 4.74 Å². The van der Waals surface area contributed by atoms with E-state index in [2.05, 4.69) is 21.2 Å². The molecule has 0 fully saturated rings. The number of aliphatic carboxylic acids is 1. The maximum atomic E-state index is 12.4. The molecule has 0 aromatic heterocycles. The molecule has 1 aromatic rings. The van der Waals surface area contributed by atoms with E-state index in [9.17, 15) is 14.7 Å². The third-order valence-corrected chi connectivity index (χ3v) is 4.10. The van der Waals surface area contributed by atoms with E-state index in [1.807, 2.05) is 20.8 Å². The lowest BCUT2D eigenvalue weighted by Crippen LogP contribution is -2.30. The second-order valence-electron chi connectivity index (χ2n) is 5.97. The molecule has 1 aliphatic carbocycles. The van der Waals surface area contributed by atoms with E-state index < -0.39 is 5.97 Å². The van der Waals surface area contributed by atoms with Gasteiger partial charge in [0.2, 0.25) is 0 Å². The van der Waals surface area contributed by atoms with Gasteiger partial charge in [-0.25, -0.2) is 4.79 Å². The van der Waals surface area contributed by atoms with E-state index in [1.54, 1.807) is 24.3 Å². The first-order valence-electron chi connectivity index (χ1n) is 7.69. The van der Waals surface area contributed by atoms with E-state index in [1.165, 1.54) is 6.08 Å². The second kappa shape index (κ2) is 7.66. The van der Waals surface area contributed by atoms with Crippen molar-refractivity contribution in [3.8, 4) is 5.75 Å². The molecule has 5 nitrogen and oxygen atoms in total. The Bertz CT molecular complexity index is 704. The molecule has 0 heterocycles. The van der Waals surface area contributed by atoms with Gasteiger partial charge in [-0.1, -0.05) is 22.9 Å². The number of allylic oxidation sites excluding steroid dienone is 2. The topological polar surface area (TPSA) is 75.6 Å². The normalized spacial score (nSPS) is 17.5. The van der Waals surface area contributed by atoms with Crippen molar-refractivity contribution < 1.29 is 19.4 Å². The van der Waals surface area contributed by atoms with Crippen LogP contribution in [-0.4, -0.2) is 23.1 Å². The number of carboxylic acids is 1.